The van der Waals surface area contributed by atoms with Crippen LogP contribution >= 0.6 is 0 Å². The summed E-state index contributed by atoms with van der Waals surface area (Å²) in [7, 11) is 0. The van der Waals surface area contributed by atoms with Gasteiger partial charge in [0.05, 0.1) is 24.1 Å². The van der Waals surface area contributed by atoms with Gasteiger partial charge in [-0.15, -0.1) is 0 Å². The number of nitrogens with one attached hydrogen (secondary N) is 1. The molecule has 2 unspecified atom stereocenters. The number of fused-ring (bicyclic) bond motifs is 5. The SMILES string of the molecule is Oc1cc(-c2ncc3c(N4CC5COCC(C4)N5)nc(OCC45CCCN4CCC5)nc3c2F)c2c(F)c(F)ccc2c1. The Balaban J connectivity index is 1.27. The number of rotatable bonds is 5. The molecule has 2 aromatic carbocycles. The minimum Gasteiger partial charge on any atom is -0.508 e. The standard InChI is InChI=1S/C31H31F3N6O3/c32-23-4-3-17-9-20(41)10-21(24(17)25(23)33)27-26(34)28-22(11-35-27)29(39-12-18-14-42-15-19(13-39)36-18)38-30(37-28)43-16-31-5-1-7-40(31)8-2-6-31/h3-4,9-11,18-19,36,41H,1-2,5-8,12-16H2. The van der Waals surface area contributed by atoms with Crippen LogP contribution in [0.5, 0.6) is 11.8 Å². The van der Waals surface area contributed by atoms with E-state index in [0.29, 0.717) is 44.1 Å². The minimum atomic E-state index is -1.15. The Morgan fingerprint density at radius 2 is 1.79 bits per heavy atom. The molecule has 6 heterocycles. The van der Waals surface area contributed by atoms with Crippen LogP contribution < -0.4 is 15.0 Å². The first-order valence-corrected chi connectivity index (χ1v) is 14.8. The van der Waals surface area contributed by atoms with E-state index in [2.05, 4.69) is 25.1 Å². The Morgan fingerprint density at radius 3 is 2.56 bits per heavy atom. The van der Waals surface area contributed by atoms with Gasteiger partial charge >= 0.3 is 6.01 Å². The highest BCUT2D eigenvalue weighted by atomic mass is 19.2. The van der Waals surface area contributed by atoms with E-state index < -0.39 is 17.5 Å². The summed E-state index contributed by atoms with van der Waals surface area (Å²) >= 11 is 0. The van der Waals surface area contributed by atoms with Gasteiger partial charge in [-0.05, 0) is 62.4 Å². The maximum Gasteiger partial charge on any atom is 0.319 e. The monoisotopic (exact) mass is 592 g/mol. The third kappa shape index (κ3) is 4.46. The van der Waals surface area contributed by atoms with Crippen molar-refractivity contribution in [3.05, 3.63) is 47.9 Å². The van der Waals surface area contributed by atoms with E-state index >= 15 is 8.78 Å². The lowest BCUT2D eigenvalue weighted by molar-refractivity contribution is 0.0374. The van der Waals surface area contributed by atoms with Crippen molar-refractivity contribution in [1.82, 2.24) is 25.2 Å². The van der Waals surface area contributed by atoms with Gasteiger partial charge in [0.1, 0.15) is 29.4 Å². The highest BCUT2D eigenvalue weighted by Crippen LogP contribution is 2.41. The van der Waals surface area contributed by atoms with Gasteiger partial charge in [0, 0.05) is 42.3 Å². The molecule has 224 valence electrons. The van der Waals surface area contributed by atoms with Crippen LogP contribution in [-0.4, -0.2) is 88.6 Å². The molecular formula is C31H31F3N6O3. The Morgan fingerprint density at radius 1 is 1.02 bits per heavy atom. The van der Waals surface area contributed by atoms with Gasteiger partial charge in [0.15, 0.2) is 17.5 Å². The number of halogens is 3. The summed E-state index contributed by atoms with van der Waals surface area (Å²) in [5, 5.41) is 14.4. The molecule has 0 amide bonds. The number of aromatic hydroxyl groups is 1. The molecule has 4 aliphatic heterocycles. The lowest BCUT2D eigenvalue weighted by Gasteiger charge is -2.42. The zero-order valence-electron chi connectivity index (χ0n) is 23.5. The second-order valence-electron chi connectivity index (χ2n) is 12.2. The number of morpholine rings is 1. The van der Waals surface area contributed by atoms with Gasteiger partial charge in [-0.25, -0.2) is 13.2 Å². The highest BCUT2D eigenvalue weighted by Gasteiger charge is 2.45. The van der Waals surface area contributed by atoms with Crippen molar-refractivity contribution in [1.29, 1.82) is 0 Å². The van der Waals surface area contributed by atoms with Gasteiger partial charge in [0.2, 0.25) is 0 Å². The fourth-order valence-corrected chi connectivity index (χ4v) is 7.51. The van der Waals surface area contributed by atoms with Gasteiger partial charge in [0.25, 0.3) is 0 Å². The number of benzene rings is 2. The Labute approximate surface area is 245 Å². The van der Waals surface area contributed by atoms with Crippen LogP contribution in [0.2, 0.25) is 0 Å². The number of hydrogen-bond acceptors (Lipinski definition) is 9. The van der Waals surface area contributed by atoms with Crippen molar-refractivity contribution in [3.8, 4) is 23.0 Å². The number of nitrogens with zero attached hydrogens (tertiary/aromatic N) is 5. The summed E-state index contributed by atoms with van der Waals surface area (Å²) in [6.45, 7) is 4.77. The number of anilines is 1. The molecule has 4 saturated heterocycles. The number of piperazine rings is 1. The van der Waals surface area contributed by atoms with Crippen LogP contribution in [-0.2, 0) is 4.74 Å². The van der Waals surface area contributed by atoms with Crippen LogP contribution in [0.3, 0.4) is 0 Å². The second kappa shape index (κ2) is 10.2. The minimum absolute atomic E-state index is 0.0366. The van der Waals surface area contributed by atoms with Gasteiger partial charge < -0.3 is 24.8 Å². The Hall–Kier alpha value is -3.74. The van der Waals surface area contributed by atoms with Crippen LogP contribution in [0.25, 0.3) is 32.9 Å². The lowest BCUT2D eigenvalue weighted by atomic mass is 9.95. The molecule has 2 atom stereocenters. The average molecular weight is 593 g/mol. The van der Waals surface area contributed by atoms with E-state index in [-0.39, 0.29) is 56.9 Å². The molecule has 0 spiro atoms. The first kappa shape index (κ1) is 26.9. The summed E-state index contributed by atoms with van der Waals surface area (Å²) in [4.78, 5) is 18.3. The molecule has 43 heavy (non-hydrogen) atoms. The second-order valence-corrected chi connectivity index (χ2v) is 12.2. The maximum absolute atomic E-state index is 16.6. The van der Waals surface area contributed by atoms with Gasteiger partial charge in [-0.1, -0.05) is 6.07 Å². The third-order valence-electron chi connectivity index (χ3n) is 9.46. The van der Waals surface area contributed by atoms with E-state index in [1.165, 1.54) is 24.4 Å². The first-order valence-electron chi connectivity index (χ1n) is 14.8. The number of phenols is 1. The Kier molecular flexibility index (Phi) is 6.35. The highest BCUT2D eigenvalue weighted by molar-refractivity contribution is 6.00. The fourth-order valence-electron chi connectivity index (χ4n) is 7.51. The Bertz CT molecular complexity index is 1730. The van der Waals surface area contributed by atoms with E-state index in [4.69, 9.17) is 14.5 Å². The predicted octanol–water partition coefficient (Wildman–Crippen LogP) is 4.15. The van der Waals surface area contributed by atoms with Gasteiger partial charge in [-0.2, -0.15) is 9.97 Å². The number of ether oxygens (including phenoxy) is 2. The molecule has 9 nitrogen and oxygen atoms in total. The number of phenolic OH excluding ortho intramolecular Hbond substituents is 1. The molecule has 0 saturated carbocycles. The molecule has 4 aromatic rings. The van der Waals surface area contributed by atoms with Crippen molar-refractivity contribution < 1.29 is 27.8 Å². The van der Waals surface area contributed by atoms with Crippen molar-refractivity contribution in [2.45, 2.75) is 43.3 Å². The van der Waals surface area contributed by atoms with E-state index in [1.807, 2.05) is 0 Å². The fraction of sp³-hybridized carbons (Fsp3) is 0.452. The predicted molar refractivity (Wildman–Crippen MR) is 154 cm³/mol. The summed E-state index contributed by atoms with van der Waals surface area (Å²) in [6, 6.07) is 5.02. The van der Waals surface area contributed by atoms with E-state index in [0.717, 1.165) is 44.8 Å². The maximum atomic E-state index is 16.6. The molecule has 2 N–H and O–H groups in total. The normalized spacial score (nSPS) is 23.3. The summed E-state index contributed by atoms with van der Waals surface area (Å²) < 4.78 is 58.0. The quantitative estimate of drug-likeness (QED) is 0.354. The van der Waals surface area contributed by atoms with Crippen LogP contribution in [0.1, 0.15) is 25.7 Å². The first-order chi connectivity index (χ1) is 20.9. The van der Waals surface area contributed by atoms with Crippen molar-refractivity contribution in [3.63, 3.8) is 0 Å². The van der Waals surface area contributed by atoms with Crippen molar-refractivity contribution >= 4 is 27.5 Å². The van der Waals surface area contributed by atoms with E-state index in [9.17, 15) is 9.50 Å². The number of aromatic nitrogens is 3. The van der Waals surface area contributed by atoms with Crippen LogP contribution in [0.15, 0.2) is 30.5 Å². The number of hydrogen-bond donors (Lipinski definition) is 2. The zero-order valence-corrected chi connectivity index (χ0v) is 23.5. The number of pyridine rings is 1. The molecule has 2 bridgehead atoms. The molecule has 0 aliphatic carbocycles. The van der Waals surface area contributed by atoms with Crippen molar-refractivity contribution in [2.24, 2.45) is 0 Å². The van der Waals surface area contributed by atoms with Crippen molar-refractivity contribution in [2.75, 3.05) is 50.9 Å². The average Bonchev–Trinajstić information content (AvgIpc) is 3.58. The van der Waals surface area contributed by atoms with E-state index in [1.54, 1.807) is 0 Å². The topological polar surface area (TPSA) is 95.9 Å². The molecule has 4 fully saturated rings. The molecular weight excluding hydrogens is 561 g/mol. The summed E-state index contributed by atoms with van der Waals surface area (Å²) in [5.41, 5.74) is -0.429. The van der Waals surface area contributed by atoms with Crippen LogP contribution in [0, 0.1) is 17.5 Å². The molecule has 12 heteroatoms. The zero-order chi connectivity index (χ0) is 29.3. The lowest BCUT2D eigenvalue weighted by Crippen LogP contribution is -2.63. The molecule has 4 aliphatic rings. The smallest absolute Gasteiger partial charge is 0.319 e. The summed E-state index contributed by atoms with van der Waals surface area (Å²) in [6.07, 6.45) is 5.74. The largest absolute Gasteiger partial charge is 0.508 e. The molecule has 0 radical (unpaired) electrons. The molecule has 2 aromatic heterocycles. The van der Waals surface area contributed by atoms with Crippen LogP contribution in [0.4, 0.5) is 19.0 Å². The third-order valence-corrected chi connectivity index (χ3v) is 9.46. The van der Waals surface area contributed by atoms with Gasteiger partial charge in [-0.3, -0.25) is 9.88 Å². The summed E-state index contributed by atoms with van der Waals surface area (Å²) in [5.74, 6) is -2.79. The molecule has 8 rings (SSSR count).